The van der Waals surface area contributed by atoms with Gasteiger partial charge in [0.15, 0.2) is 9.84 Å². The van der Waals surface area contributed by atoms with Crippen LogP contribution in [0.1, 0.15) is 43.7 Å². The lowest BCUT2D eigenvalue weighted by Crippen LogP contribution is -2.50. The second-order valence-corrected chi connectivity index (χ2v) is 9.24. The average molecular weight is 352 g/mol. The average Bonchev–Trinajstić information content (AvgIpc) is 2.98. The van der Waals surface area contributed by atoms with E-state index in [9.17, 15) is 8.42 Å². The minimum absolute atomic E-state index is 0.297. The molecule has 2 aliphatic rings. The second-order valence-electron chi connectivity index (χ2n) is 7.23. The molecule has 0 amide bonds. The van der Waals surface area contributed by atoms with E-state index in [0.717, 1.165) is 19.4 Å². The molecule has 0 bridgehead atoms. The Hall–Kier alpha value is -0.950. The maximum absolute atomic E-state index is 11.6. The van der Waals surface area contributed by atoms with Gasteiger partial charge in [0.05, 0.1) is 11.1 Å². The molecule has 0 saturated carbocycles. The van der Waals surface area contributed by atoms with Crippen molar-refractivity contribution in [3.8, 4) is 0 Å². The van der Waals surface area contributed by atoms with Crippen LogP contribution < -0.4 is 10.6 Å². The number of nitrogens with zero attached hydrogens (tertiary/aromatic N) is 1. The minimum atomic E-state index is -3.12. The first-order valence-corrected chi connectivity index (χ1v) is 10.8. The summed E-state index contributed by atoms with van der Waals surface area (Å²) in [4.78, 5) is 2.83. The van der Waals surface area contributed by atoms with Crippen molar-refractivity contribution in [2.24, 2.45) is 0 Å². The fourth-order valence-corrected chi connectivity index (χ4v) is 4.45. The molecule has 3 rings (SSSR count). The van der Waals surface area contributed by atoms with Crippen molar-refractivity contribution in [3.63, 3.8) is 0 Å². The van der Waals surface area contributed by atoms with E-state index < -0.39 is 9.84 Å². The molecule has 3 unspecified atom stereocenters. The number of benzene rings is 1. The predicted octanol–water partition coefficient (Wildman–Crippen LogP) is 1.91. The monoisotopic (exact) mass is 351 g/mol. The zero-order chi connectivity index (χ0) is 17.2. The molecule has 2 heterocycles. The zero-order valence-electron chi connectivity index (χ0n) is 14.7. The van der Waals surface area contributed by atoms with Gasteiger partial charge < -0.3 is 10.2 Å². The Morgan fingerprint density at radius 2 is 1.92 bits per heavy atom. The van der Waals surface area contributed by atoms with Crippen LogP contribution in [0.5, 0.6) is 0 Å². The van der Waals surface area contributed by atoms with Crippen molar-refractivity contribution < 1.29 is 8.42 Å². The lowest BCUT2D eigenvalue weighted by atomic mass is 9.96. The number of rotatable bonds is 5. The number of hydrogen-bond acceptors (Lipinski definition) is 5. The van der Waals surface area contributed by atoms with E-state index in [1.165, 1.54) is 37.6 Å². The first-order chi connectivity index (χ1) is 11.4. The van der Waals surface area contributed by atoms with E-state index in [4.69, 9.17) is 0 Å². The molecule has 134 valence electrons. The van der Waals surface area contributed by atoms with Gasteiger partial charge in [0.1, 0.15) is 0 Å². The van der Waals surface area contributed by atoms with Gasteiger partial charge in [-0.25, -0.2) is 8.42 Å². The molecular weight excluding hydrogens is 322 g/mol. The molecule has 2 saturated heterocycles. The Bertz CT molecular complexity index is 645. The lowest BCUT2D eigenvalue weighted by molar-refractivity contribution is 0.244. The third kappa shape index (κ3) is 4.36. The Balaban J connectivity index is 1.57. The number of likely N-dealkylation sites (tertiary alicyclic amines) is 1. The quantitative estimate of drug-likeness (QED) is 0.849. The van der Waals surface area contributed by atoms with Crippen LogP contribution >= 0.6 is 0 Å². The summed E-state index contributed by atoms with van der Waals surface area (Å²) in [6.07, 6.45) is 7.61. The Labute approximate surface area is 145 Å². The smallest absolute Gasteiger partial charge is 0.175 e. The summed E-state index contributed by atoms with van der Waals surface area (Å²) < 4.78 is 23.2. The molecule has 0 radical (unpaired) electrons. The molecule has 2 N–H and O–H groups in total. The number of piperidine rings is 1. The first-order valence-electron chi connectivity index (χ1n) is 8.93. The minimum Gasteiger partial charge on any atom is -0.302 e. The highest BCUT2D eigenvalue weighted by Gasteiger charge is 2.25. The van der Waals surface area contributed by atoms with E-state index >= 15 is 0 Å². The molecule has 3 atom stereocenters. The van der Waals surface area contributed by atoms with Crippen molar-refractivity contribution >= 4 is 9.84 Å². The summed E-state index contributed by atoms with van der Waals surface area (Å²) >= 11 is 0. The van der Waals surface area contributed by atoms with Gasteiger partial charge >= 0.3 is 0 Å². The van der Waals surface area contributed by atoms with Crippen LogP contribution in [0.2, 0.25) is 0 Å². The summed E-state index contributed by atoms with van der Waals surface area (Å²) in [7, 11) is -0.914. The van der Waals surface area contributed by atoms with Crippen molar-refractivity contribution in [2.45, 2.75) is 55.2 Å². The Kier molecular flexibility index (Phi) is 5.59. The standard InChI is InChI=1S/C18H29N3O2S/c1-21-12-4-5-15(21)13-19-18-7-3-6-17(20-18)14-8-10-16(11-9-14)24(2,22)23/h8-11,15,17-20H,3-7,12-13H2,1-2H3. The maximum atomic E-state index is 11.6. The van der Waals surface area contributed by atoms with Gasteiger partial charge in [0.2, 0.25) is 0 Å². The molecule has 2 fully saturated rings. The summed E-state index contributed by atoms with van der Waals surface area (Å²) in [5, 5.41) is 7.37. The van der Waals surface area contributed by atoms with Crippen LogP contribution in [0.4, 0.5) is 0 Å². The van der Waals surface area contributed by atoms with Crippen molar-refractivity contribution in [3.05, 3.63) is 29.8 Å². The fourth-order valence-electron chi connectivity index (χ4n) is 3.82. The summed E-state index contributed by atoms with van der Waals surface area (Å²) in [6.45, 7) is 2.24. The van der Waals surface area contributed by atoms with Gasteiger partial charge in [0.25, 0.3) is 0 Å². The Morgan fingerprint density at radius 3 is 2.54 bits per heavy atom. The molecule has 6 heteroatoms. The van der Waals surface area contributed by atoms with Gasteiger partial charge in [0, 0.05) is 24.9 Å². The molecule has 0 aliphatic carbocycles. The number of sulfone groups is 1. The van der Waals surface area contributed by atoms with Crippen LogP contribution in [0, 0.1) is 0 Å². The third-order valence-electron chi connectivity index (χ3n) is 5.37. The van der Waals surface area contributed by atoms with E-state index in [1.54, 1.807) is 12.1 Å². The van der Waals surface area contributed by atoms with Gasteiger partial charge in [-0.2, -0.15) is 0 Å². The van der Waals surface area contributed by atoms with Crippen LogP contribution in [0.15, 0.2) is 29.2 Å². The summed E-state index contributed by atoms with van der Waals surface area (Å²) in [6, 6.07) is 8.28. The van der Waals surface area contributed by atoms with Crippen LogP contribution in [0.25, 0.3) is 0 Å². The van der Waals surface area contributed by atoms with Crippen molar-refractivity contribution in [2.75, 3.05) is 26.4 Å². The largest absolute Gasteiger partial charge is 0.302 e. The number of nitrogens with one attached hydrogen (secondary N) is 2. The highest BCUT2D eigenvalue weighted by atomic mass is 32.2. The van der Waals surface area contributed by atoms with Crippen LogP contribution in [-0.4, -0.2) is 51.9 Å². The highest BCUT2D eigenvalue weighted by Crippen LogP contribution is 2.26. The third-order valence-corrected chi connectivity index (χ3v) is 6.50. The predicted molar refractivity (Wildman–Crippen MR) is 96.7 cm³/mol. The van der Waals surface area contributed by atoms with E-state index in [-0.39, 0.29) is 0 Å². The molecule has 2 aliphatic heterocycles. The van der Waals surface area contributed by atoms with Crippen LogP contribution in [-0.2, 0) is 9.84 Å². The highest BCUT2D eigenvalue weighted by molar-refractivity contribution is 7.90. The van der Waals surface area contributed by atoms with Crippen molar-refractivity contribution in [1.82, 2.24) is 15.5 Å². The molecule has 0 aromatic heterocycles. The van der Waals surface area contributed by atoms with Gasteiger partial charge in [-0.1, -0.05) is 12.1 Å². The lowest BCUT2D eigenvalue weighted by Gasteiger charge is -2.33. The van der Waals surface area contributed by atoms with E-state index in [1.807, 2.05) is 12.1 Å². The normalized spacial score (nSPS) is 29.0. The molecule has 24 heavy (non-hydrogen) atoms. The number of hydrogen-bond donors (Lipinski definition) is 2. The SMILES string of the molecule is CN1CCCC1CNC1CCCC(c2ccc(S(C)(=O)=O)cc2)N1. The molecule has 5 nitrogen and oxygen atoms in total. The molecular formula is C18H29N3O2S. The van der Waals surface area contributed by atoms with E-state index in [2.05, 4.69) is 22.6 Å². The molecule has 0 spiro atoms. The Morgan fingerprint density at radius 1 is 1.17 bits per heavy atom. The van der Waals surface area contributed by atoms with Gasteiger partial charge in [-0.15, -0.1) is 0 Å². The first kappa shape index (κ1) is 17.9. The molecule has 1 aromatic rings. The van der Waals surface area contributed by atoms with E-state index in [0.29, 0.717) is 23.1 Å². The summed E-state index contributed by atoms with van der Waals surface area (Å²) in [5.74, 6) is 0. The maximum Gasteiger partial charge on any atom is 0.175 e. The topological polar surface area (TPSA) is 61.4 Å². The van der Waals surface area contributed by atoms with Crippen molar-refractivity contribution in [1.29, 1.82) is 0 Å². The van der Waals surface area contributed by atoms with Gasteiger partial charge in [-0.05, 0) is 63.4 Å². The van der Waals surface area contributed by atoms with Crippen LogP contribution in [0.3, 0.4) is 0 Å². The van der Waals surface area contributed by atoms with Gasteiger partial charge in [-0.3, -0.25) is 5.32 Å². The number of likely N-dealkylation sites (N-methyl/N-ethyl adjacent to an activating group) is 1. The summed E-state index contributed by atoms with van der Waals surface area (Å²) in [5.41, 5.74) is 1.17. The fraction of sp³-hybridized carbons (Fsp3) is 0.667. The second kappa shape index (κ2) is 7.52. The molecule has 1 aromatic carbocycles. The zero-order valence-corrected chi connectivity index (χ0v) is 15.5.